The van der Waals surface area contributed by atoms with Gasteiger partial charge in [-0.05, 0) is 67.6 Å². The minimum atomic E-state index is -0.114. The van der Waals surface area contributed by atoms with Gasteiger partial charge in [0, 0.05) is 34.8 Å². The van der Waals surface area contributed by atoms with Crippen LogP contribution in [0.4, 0.5) is 5.69 Å². The van der Waals surface area contributed by atoms with Gasteiger partial charge in [-0.25, -0.2) is 4.98 Å². The van der Waals surface area contributed by atoms with Crippen molar-refractivity contribution in [2.75, 3.05) is 5.32 Å². The van der Waals surface area contributed by atoms with Gasteiger partial charge >= 0.3 is 0 Å². The summed E-state index contributed by atoms with van der Waals surface area (Å²) >= 11 is 0. The predicted molar refractivity (Wildman–Crippen MR) is 102 cm³/mol. The van der Waals surface area contributed by atoms with Crippen molar-refractivity contribution < 1.29 is 9.21 Å². The maximum absolute atomic E-state index is 12.7. The van der Waals surface area contributed by atoms with Gasteiger partial charge in [0.05, 0.1) is 0 Å². The molecule has 0 atom stereocenters. The van der Waals surface area contributed by atoms with Crippen LogP contribution in [0.3, 0.4) is 0 Å². The summed E-state index contributed by atoms with van der Waals surface area (Å²) in [6, 6.07) is 11.4. The Bertz CT molecular complexity index is 1150. The summed E-state index contributed by atoms with van der Waals surface area (Å²) in [5.41, 5.74) is 6.67. The van der Waals surface area contributed by atoms with Crippen molar-refractivity contribution in [2.24, 2.45) is 0 Å². The number of aromatic nitrogens is 2. The van der Waals surface area contributed by atoms with Crippen LogP contribution in [0.5, 0.6) is 0 Å². The topological polar surface area (TPSA) is 70.9 Å². The van der Waals surface area contributed by atoms with Crippen molar-refractivity contribution >= 4 is 33.6 Å². The highest BCUT2D eigenvalue weighted by Gasteiger charge is 2.17. The molecule has 0 bridgehead atoms. The quantitative estimate of drug-likeness (QED) is 0.551. The van der Waals surface area contributed by atoms with E-state index in [1.165, 1.54) is 29.5 Å². The van der Waals surface area contributed by atoms with Crippen LogP contribution < -0.4 is 5.32 Å². The number of anilines is 1. The summed E-state index contributed by atoms with van der Waals surface area (Å²) in [4.78, 5) is 20.5. The highest BCUT2D eigenvalue weighted by molar-refractivity contribution is 6.07. The standard InChI is InChI=1S/C21H19N3O2/c1-12-22-19-11-14(7-9-20(19)26-12)23-21(25)13-6-8-18-16(10-13)15-4-2-3-5-17(15)24-18/h6-11,24H,2-5H2,1H3,(H,23,25). The Hall–Kier alpha value is -3.08. The first-order valence-corrected chi connectivity index (χ1v) is 8.99. The van der Waals surface area contributed by atoms with E-state index >= 15 is 0 Å². The number of H-pyrrole nitrogens is 1. The van der Waals surface area contributed by atoms with E-state index in [4.69, 9.17) is 4.42 Å². The molecule has 0 aliphatic heterocycles. The number of carbonyl (C=O) groups excluding carboxylic acids is 1. The molecule has 0 fully saturated rings. The molecule has 2 N–H and O–H groups in total. The van der Waals surface area contributed by atoms with Crippen molar-refractivity contribution in [1.82, 2.24) is 9.97 Å². The van der Waals surface area contributed by atoms with Crippen molar-refractivity contribution in [2.45, 2.75) is 32.6 Å². The van der Waals surface area contributed by atoms with Gasteiger partial charge in [-0.1, -0.05) is 0 Å². The number of oxazole rings is 1. The third-order valence-corrected chi connectivity index (χ3v) is 5.11. The van der Waals surface area contributed by atoms with Crippen LogP contribution in [0, 0.1) is 6.92 Å². The lowest BCUT2D eigenvalue weighted by molar-refractivity contribution is 0.102. The summed E-state index contributed by atoms with van der Waals surface area (Å²) in [5.74, 6) is 0.503. The molecule has 5 heteroatoms. The molecule has 26 heavy (non-hydrogen) atoms. The van der Waals surface area contributed by atoms with E-state index < -0.39 is 0 Å². The summed E-state index contributed by atoms with van der Waals surface area (Å²) < 4.78 is 5.48. The number of aromatic amines is 1. The summed E-state index contributed by atoms with van der Waals surface area (Å²) in [6.07, 6.45) is 4.63. The zero-order chi connectivity index (χ0) is 17.7. The second kappa shape index (κ2) is 5.73. The first-order chi connectivity index (χ1) is 12.7. The minimum Gasteiger partial charge on any atom is -0.441 e. The van der Waals surface area contributed by atoms with Gasteiger partial charge in [-0.15, -0.1) is 0 Å². The van der Waals surface area contributed by atoms with Crippen LogP contribution in [0.15, 0.2) is 40.8 Å². The molecule has 1 aliphatic rings. The van der Waals surface area contributed by atoms with Crippen molar-refractivity contribution in [3.05, 3.63) is 59.1 Å². The van der Waals surface area contributed by atoms with Gasteiger partial charge in [0.2, 0.25) is 0 Å². The Kier molecular flexibility index (Phi) is 3.35. The number of hydrogen-bond donors (Lipinski definition) is 2. The lowest BCUT2D eigenvalue weighted by Gasteiger charge is -2.10. The van der Waals surface area contributed by atoms with Crippen LogP contribution in [0.1, 0.15) is 40.3 Å². The molecular weight excluding hydrogens is 326 g/mol. The molecule has 1 amide bonds. The SMILES string of the molecule is Cc1nc2cc(NC(=O)c3ccc4[nH]c5c(c4c3)CCCC5)ccc2o1. The van der Waals surface area contributed by atoms with Crippen LogP contribution in [-0.4, -0.2) is 15.9 Å². The number of aryl methyl sites for hydroxylation is 3. The summed E-state index contributed by atoms with van der Waals surface area (Å²) in [6.45, 7) is 1.81. The lowest BCUT2D eigenvalue weighted by Crippen LogP contribution is -2.11. The molecule has 0 saturated heterocycles. The average Bonchev–Trinajstić information content (AvgIpc) is 3.20. The van der Waals surface area contributed by atoms with Gasteiger partial charge < -0.3 is 14.7 Å². The third-order valence-electron chi connectivity index (χ3n) is 5.11. The van der Waals surface area contributed by atoms with E-state index in [1.807, 2.05) is 43.3 Å². The molecule has 5 nitrogen and oxygen atoms in total. The maximum Gasteiger partial charge on any atom is 0.255 e. The van der Waals surface area contributed by atoms with Crippen LogP contribution in [-0.2, 0) is 12.8 Å². The second-order valence-corrected chi connectivity index (χ2v) is 6.92. The third kappa shape index (κ3) is 2.47. The number of amides is 1. The lowest BCUT2D eigenvalue weighted by atomic mass is 9.95. The Balaban J connectivity index is 1.47. The van der Waals surface area contributed by atoms with Gasteiger partial charge in [-0.2, -0.15) is 0 Å². The molecule has 2 aromatic carbocycles. The molecule has 1 aliphatic carbocycles. The fourth-order valence-corrected chi connectivity index (χ4v) is 3.87. The molecule has 0 spiro atoms. The number of hydrogen-bond acceptors (Lipinski definition) is 3. The van der Waals surface area contributed by atoms with E-state index in [2.05, 4.69) is 15.3 Å². The average molecular weight is 345 g/mol. The first-order valence-electron chi connectivity index (χ1n) is 8.99. The molecule has 0 saturated carbocycles. The fourth-order valence-electron chi connectivity index (χ4n) is 3.87. The monoisotopic (exact) mass is 345 g/mol. The molecule has 2 aromatic heterocycles. The molecule has 2 heterocycles. The normalized spacial score (nSPS) is 13.9. The Morgan fingerprint density at radius 2 is 2.04 bits per heavy atom. The van der Waals surface area contributed by atoms with Crippen molar-refractivity contribution in [3.63, 3.8) is 0 Å². The molecule has 0 unspecified atom stereocenters. The van der Waals surface area contributed by atoms with Gasteiger partial charge in [0.1, 0.15) is 5.52 Å². The zero-order valence-electron chi connectivity index (χ0n) is 14.6. The number of fused-ring (bicyclic) bond motifs is 4. The van der Waals surface area contributed by atoms with Gasteiger partial charge in [-0.3, -0.25) is 4.79 Å². The number of rotatable bonds is 2. The Labute approximate surface area is 150 Å². The Morgan fingerprint density at radius 3 is 2.96 bits per heavy atom. The predicted octanol–water partition coefficient (Wildman–Crippen LogP) is 4.75. The minimum absolute atomic E-state index is 0.114. The molecule has 130 valence electrons. The molecule has 4 aromatic rings. The van der Waals surface area contributed by atoms with Crippen LogP contribution in [0.25, 0.3) is 22.0 Å². The van der Waals surface area contributed by atoms with Crippen LogP contribution >= 0.6 is 0 Å². The number of nitrogens with zero attached hydrogens (tertiary/aromatic N) is 1. The van der Waals surface area contributed by atoms with Crippen molar-refractivity contribution in [3.8, 4) is 0 Å². The zero-order valence-corrected chi connectivity index (χ0v) is 14.6. The van der Waals surface area contributed by atoms with E-state index in [0.717, 1.165) is 29.5 Å². The van der Waals surface area contributed by atoms with Crippen LogP contribution in [0.2, 0.25) is 0 Å². The summed E-state index contributed by atoms with van der Waals surface area (Å²) in [5, 5.41) is 4.14. The summed E-state index contributed by atoms with van der Waals surface area (Å²) in [7, 11) is 0. The molecule has 5 rings (SSSR count). The van der Waals surface area contributed by atoms with E-state index in [9.17, 15) is 4.79 Å². The maximum atomic E-state index is 12.7. The largest absolute Gasteiger partial charge is 0.441 e. The molecule has 0 radical (unpaired) electrons. The highest BCUT2D eigenvalue weighted by Crippen LogP contribution is 2.30. The highest BCUT2D eigenvalue weighted by atomic mass is 16.3. The van der Waals surface area contributed by atoms with Gasteiger partial charge in [0.15, 0.2) is 11.5 Å². The smallest absolute Gasteiger partial charge is 0.255 e. The first kappa shape index (κ1) is 15.2. The second-order valence-electron chi connectivity index (χ2n) is 6.92. The van der Waals surface area contributed by atoms with E-state index in [-0.39, 0.29) is 5.91 Å². The number of nitrogens with one attached hydrogen (secondary N) is 2. The number of carbonyl (C=O) groups is 1. The van der Waals surface area contributed by atoms with Crippen molar-refractivity contribution in [1.29, 1.82) is 0 Å². The molecular formula is C21H19N3O2. The van der Waals surface area contributed by atoms with Gasteiger partial charge in [0.25, 0.3) is 5.91 Å². The number of benzene rings is 2. The Morgan fingerprint density at radius 1 is 1.15 bits per heavy atom. The van der Waals surface area contributed by atoms with E-state index in [0.29, 0.717) is 17.1 Å². The fraction of sp³-hybridized carbons (Fsp3) is 0.238. The van der Waals surface area contributed by atoms with E-state index in [1.54, 1.807) is 0 Å².